The highest BCUT2D eigenvalue weighted by atomic mass is 79.9. The van der Waals surface area contributed by atoms with Gasteiger partial charge in [0.05, 0.1) is 12.1 Å². The Kier molecular flexibility index (Phi) is 5.22. The number of ether oxygens (including phenoxy) is 1. The van der Waals surface area contributed by atoms with Crippen molar-refractivity contribution in [3.63, 3.8) is 0 Å². The summed E-state index contributed by atoms with van der Waals surface area (Å²) in [4.78, 5) is 0.571. The van der Waals surface area contributed by atoms with Crippen molar-refractivity contribution in [3.8, 4) is 5.75 Å². The molecule has 1 atom stereocenters. The minimum Gasteiger partial charge on any atom is -0.496 e. The van der Waals surface area contributed by atoms with Gasteiger partial charge in [0, 0.05) is 10.9 Å². The van der Waals surface area contributed by atoms with Gasteiger partial charge in [0.15, 0.2) is 0 Å². The molecule has 0 amide bonds. The third-order valence-corrected chi connectivity index (χ3v) is 3.02. The van der Waals surface area contributed by atoms with E-state index in [0.29, 0.717) is 10.9 Å². The van der Waals surface area contributed by atoms with E-state index in [4.69, 9.17) is 22.7 Å². The van der Waals surface area contributed by atoms with Crippen LogP contribution in [0, 0.1) is 5.92 Å². The second-order valence-corrected chi connectivity index (χ2v) is 5.38. The minimum absolute atomic E-state index is 0.431. The molecule has 88 valence electrons. The molecular formula is C12H16BrNOS. The maximum Gasteiger partial charge on any atom is 0.122 e. The summed E-state index contributed by atoms with van der Waals surface area (Å²) >= 11 is 8.37. The fourth-order valence-corrected chi connectivity index (χ4v) is 2.39. The number of halogens is 1. The van der Waals surface area contributed by atoms with Crippen LogP contribution in [0.15, 0.2) is 22.7 Å². The van der Waals surface area contributed by atoms with Crippen LogP contribution in [0.2, 0.25) is 0 Å². The normalized spacial score (nSPS) is 12.2. The largest absolute Gasteiger partial charge is 0.496 e. The highest BCUT2D eigenvalue weighted by Crippen LogP contribution is 2.26. The number of methoxy groups -OCH3 is 1. The average molecular weight is 302 g/mol. The van der Waals surface area contributed by atoms with Gasteiger partial charge in [-0.2, -0.15) is 0 Å². The number of hydrogen-bond donors (Lipinski definition) is 1. The van der Waals surface area contributed by atoms with Crippen LogP contribution in [0.1, 0.15) is 18.9 Å². The monoisotopic (exact) mass is 301 g/mol. The molecule has 0 spiro atoms. The Morgan fingerprint density at radius 3 is 2.81 bits per heavy atom. The van der Waals surface area contributed by atoms with Crippen molar-refractivity contribution in [1.29, 1.82) is 0 Å². The fourth-order valence-electron chi connectivity index (χ4n) is 1.70. The SMILES string of the molecule is COc1ccc(Br)cc1CC(C)CC(N)=S. The third kappa shape index (κ3) is 4.10. The highest BCUT2D eigenvalue weighted by molar-refractivity contribution is 9.10. The second-order valence-electron chi connectivity index (χ2n) is 3.94. The summed E-state index contributed by atoms with van der Waals surface area (Å²) in [5.74, 6) is 1.35. The van der Waals surface area contributed by atoms with Crippen LogP contribution in [-0.2, 0) is 6.42 Å². The Morgan fingerprint density at radius 1 is 1.56 bits per heavy atom. The molecule has 0 fully saturated rings. The Balaban J connectivity index is 2.78. The molecule has 4 heteroatoms. The van der Waals surface area contributed by atoms with E-state index in [1.54, 1.807) is 7.11 Å². The number of nitrogens with two attached hydrogens (primary N) is 1. The lowest BCUT2D eigenvalue weighted by Crippen LogP contribution is -2.14. The first-order valence-electron chi connectivity index (χ1n) is 5.13. The van der Waals surface area contributed by atoms with Crippen molar-refractivity contribution in [2.24, 2.45) is 11.7 Å². The molecule has 0 saturated heterocycles. The average Bonchev–Trinajstić information content (AvgIpc) is 2.16. The van der Waals surface area contributed by atoms with Crippen molar-refractivity contribution in [3.05, 3.63) is 28.2 Å². The lowest BCUT2D eigenvalue weighted by atomic mass is 9.97. The summed E-state index contributed by atoms with van der Waals surface area (Å²) < 4.78 is 6.38. The summed E-state index contributed by atoms with van der Waals surface area (Å²) in [7, 11) is 1.69. The van der Waals surface area contributed by atoms with Gasteiger partial charge in [-0.05, 0) is 36.1 Å². The molecule has 1 unspecified atom stereocenters. The van der Waals surface area contributed by atoms with Gasteiger partial charge in [-0.1, -0.05) is 35.1 Å². The molecule has 0 bridgehead atoms. The summed E-state index contributed by atoms with van der Waals surface area (Å²) in [6, 6.07) is 6.02. The Morgan fingerprint density at radius 2 is 2.25 bits per heavy atom. The number of thiocarbonyl (C=S) groups is 1. The molecule has 1 aromatic carbocycles. The van der Waals surface area contributed by atoms with Crippen molar-refractivity contribution < 1.29 is 4.74 Å². The Hall–Kier alpha value is -0.610. The zero-order valence-corrected chi connectivity index (χ0v) is 11.9. The molecular weight excluding hydrogens is 286 g/mol. The molecule has 0 aliphatic carbocycles. The predicted octanol–water partition coefficient (Wildman–Crippen LogP) is 3.31. The van der Waals surface area contributed by atoms with Crippen molar-refractivity contribution in [1.82, 2.24) is 0 Å². The van der Waals surface area contributed by atoms with E-state index in [0.717, 1.165) is 23.1 Å². The Labute approximate surface area is 110 Å². The van der Waals surface area contributed by atoms with Gasteiger partial charge in [-0.15, -0.1) is 0 Å². The van der Waals surface area contributed by atoms with Crippen LogP contribution in [0.3, 0.4) is 0 Å². The third-order valence-electron chi connectivity index (χ3n) is 2.36. The van der Waals surface area contributed by atoms with Crippen LogP contribution < -0.4 is 10.5 Å². The molecule has 2 N–H and O–H groups in total. The second kappa shape index (κ2) is 6.21. The zero-order valence-electron chi connectivity index (χ0n) is 9.50. The summed E-state index contributed by atoms with van der Waals surface area (Å²) in [5.41, 5.74) is 6.72. The molecule has 2 nitrogen and oxygen atoms in total. The van der Waals surface area contributed by atoms with Crippen LogP contribution >= 0.6 is 28.1 Å². The summed E-state index contributed by atoms with van der Waals surface area (Å²) in [6.45, 7) is 2.14. The lowest BCUT2D eigenvalue weighted by Gasteiger charge is -2.13. The van der Waals surface area contributed by atoms with Crippen LogP contribution in [0.5, 0.6) is 5.75 Å². The molecule has 0 saturated carbocycles. The van der Waals surface area contributed by atoms with Crippen LogP contribution in [0.25, 0.3) is 0 Å². The van der Waals surface area contributed by atoms with E-state index in [1.807, 2.05) is 12.1 Å². The van der Waals surface area contributed by atoms with Crippen LogP contribution in [0.4, 0.5) is 0 Å². The van der Waals surface area contributed by atoms with E-state index in [9.17, 15) is 0 Å². The van der Waals surface area contributed by atoms with Gasteiger partial charge in [0.25, 0.3) is 0 Å². The maximum atomic E-state index is 5.54. The number of benzene rings is 1. The van der Waals surface area contributed by atoms with E-state index in [2.05, 4.69) is 28.9 Å². The van der Waals surface area contributed by atoms with Crippen molar-refractivity contribution >= 4 is 33.1 Å². The van der Waals surface area contributed by atoms with Crippen molar-refractivity contribution in [2.75, 3.05) is 7.11 Å². The Bertz CT molecular complexity index is 381. The molecule has 1 rings (SSSR count). The molecule has 0 aliphatic heterocycles. The lowest BCUT2D eigenvalue weighted by molar-refractivity contribution is 0.406. The molecule has 1 aromatic rings. The molecule has 0 aliphatic rings. The predicted molar refractivity (Wildman–Crippen MR) is 75.0 cm³/mol. The van der Waals surface area contributed by atoms with Gasteiger partial charge < -0.3 is 10.5 Å². The van der Waals surface area contributed by atoms with Gasteiger partial charge in [-0.25, -0.2) is 0 Å². The smallest absolute Gasteiger partial charge is 0.122 e. The summed E-state index contributed by atoms with van der Waals surface area (Å²) in [5, 5.41) is 0. The van der Waals surface area contributed by atoms with Crippen LogP contribution in [-0.4, -0.2) is 12.1 Å². The quantitative estimate of drug-likeness (QED) is 0.848. The van der Waals surface area contributed by atoms with Gasteiger partial charge in [0.1, 0.15) is 5.75 Å². The summed E-state index contributed by atoms with van der Waals surface area (Å²) in [6.07, 6.45) is 1.69. The zero-order chi connectivity index (χ0) is 12.1. The fraction of sp³-hybridized carbons (Fsp3) is 0.417. The van der Waals surface area contributed by atoms with E-state index < -0.39 is 0 Å². The number of hydrogen-bond acceptors (Lipinski definition) is 2. The topological polar surface area (TPSA) is 35.2 Å². The standard InChI is InChI=1S/C12H16BrNOS/c1-8(6-12(14)16)5-9-7-10(13)3-4-11(9)15-2/h3-4,7-8H,5-6H2,1-2H3,(H2,14,16). The van der Waals surface area contributed by atoms with Gasteiger partial charge >= 0.3 is 0 Å². The van der Waals surface area contributed by atoms with E-state index >= 15 is 0 Å². The molecule has 0 heterocycles. The molecule has 16 heavy (non-hydrogen) atoms. The number of rotatable bonds is 5. The first-order valence-corrected chi connectivity index (χ1v) is 6.33. The molecule has 0 radical (unpaired) electrons. The first-order chi connectivity index (χ1) is 7.52. The highest BCUT2D eigenvalue weighted by Gasteiger charge is 2.09. The van der Waals surface area contributed by atoms with Crippen molar-refractivity contribution in [2.45, 2.75) is 19.8 Å². The molecule has 0 aromatic heterocycles. The van der Waals surface area contributed by atoms with Gasteiger partial charge in [0.2, 0.25) is 0 Å². The van der Waals surface area contributed by atoms with E-state index in [-0.39, 0.29) is 0 Å². The maximum absolute atomic E-state index is 5.54. The van der Waals surface area contributed by atoms with E-state index in [1.165, 1.54) is 5.56 Å². The first kappa shape index (κ1) is 13.5. The minimum atomic E-state index is 0.431. The van der Waals surface area contributed by atoms with Gasteiger partial charge in [-0.3, -0.25) is 0 Å².